The molecule has 2 aromatic carbocycles. The summed E-state index contributed by atoms with van der Waals surface area (Å²) in [4.78, 5) is 19.8. The molecule has 1 saturated heterocycles. The Labute approximate surface area is 193 Å². The number of hydrogen-bond donors (Lipinski definition) is 0. The lowest BCUT2D eigenvalue weighted by Crippen LogP contribution is -2.31. The summed E-state index contributed by atoms with van der Waals surface area (Å²) in [6, 6.07) is 10.6. The molecule has 0 aliphatic carbocycles. The Hall–Kier alpha value is -2.59. The molecule has 4 heteroatoms. The van der Waals surface area contributed by atoms with Crippen molar-refractivity contribution in [2.24, 2.45) is 0 Å². The third kappa shape index (κ3) is 4.61. The summed E-state index contributed by atoms with van der Waals surface area (Å²) in [6.45, 7) is 14.7. The Morgan fingerprint density at radius 1 is 0.969 bits per heavy atom. The van der Waals surface area contributed by atoms with Gasteiger partial charge in [0.05, 0.1) is 5.69 Å². The number of carbonyl (C=O) groups is 1. The topological polar surface area (TPSA) is 26.8 Å². The average Bonchev–Trinajstić information content (AvgIpc) is 2.92. The highest BCUT2D eigenvalue weighted by Crippen LogP contribution is 2.41. The molecule has 0 atom stereocenters. The van der Waals surface area contributed by atoms with Gasteiger partial charge in [-0.2, -0.15) is 0 Å². The van der Waals surface area contributed by atoms with E-state index in [1.165, 1.54) is 22.2 Å². The lowest BCUT2D eigenvalue weighted by molar-refractivity contribution is 0.0994. The van der Waals surface area contributed by atoms with E-state index in [1.54, 1.807) is 0 Å². The van der Waals surface area contributed by atoms with Crippen molar-refractivity contribution in [2.45, 2.75) is 47.0 Å². The second-order valence-corrected chi connectivity index (χ2v) is 9.39. The lowest BCUT2D eigenvalue weighted by atomic mass is 10.0. The number of benzene rings is 2. The minimum absolute atomic E-state index is 0.138. The van der Waals surface area contributed by atoms with Gasteiger partial charge in [0, 0.05) is 61.3 Å². The zero-order valence-electron chi connectivity index (χ0n) is 20.2. The largest absolute Gasteiger partial charge is 0.370 e. The SMILES string of the molecule is CCN1C(=O)c2cccc3c(N4CCCN(C/C=C(\C)CCC=C(C)C)CC4)ccc1c23. The van der Waals surface area contributed by atoms with Crippen molar-refractivity contribution < 1.29 is 4.79 Å². The van der Waals surface area contributed by atoms with Crippen molar-refractivity contribution in [1.29, 1.82) is 0 Å². The fourth-order valence-electron chi connectivity index (χ4n) is 4.99. The first kappa shape index (κ1) is 22.6. The maximum Gasteiger partial charge on any atom is 0.258 e. The summed E-state index contributed by atoms with van der Waals surface area (Å²) in [5.74, 6) is 0.138. The van der Waals surface area contributed by atoms with Crippen LogP contribution in [0, 0.1) is 0 Å². The van der Waals surface area contributed by atoms with Gasteiger partial charge in [-0.1, -0.05) is 35.4 Å². The van der Waals surface area contributed by atoms with Crippen molar-refractivity contribution in [2.75, 3.05) is 49.1 Å². The summed E-state index contributed by atoms with van der Waals surface area (Å²) in [6.07, 6.45) is 8.19. The van der Waals surface area contributed by atoms with E-state index in [4.69, 9.17) is 0 Å². The molecular formula is C28H37N3O. The van der Waals surface area contributed by atoms with E-state index in [1.807, 2.05) is 24.0 Å². The summed E-state index contributed by atoms with van der Waals surface area (Å²) in [7, 11) is 0. The monoisotopic (exact) mass is 431 g/mol. The first-order valence-electron chi connectivity index (χ1n) is 12.1. The Balaban J connectivity index is 1.46. The Morgan fingerprint density at radius 2 is 1.78 bits per heavy atom. The first-order valence-corrected chi connectivity index (χ1v) is 12.1. The number of allylic oxidation sites excluding steroid dienone is 3. The van der Waals surface area contributed by atoms with Gasteiger partial charge < -0.3 is 9.80 Å². The van der Waals surface area contributed by atoms with Crippen molar-refractivity contribution in [1.82, 2.24) is 4.90 Å². The Morgan fingerprint density at radius 3 is 2.56 bits per heavy atom. The highest BCUT2D eigenvalue weighted by atomic mass is 16.2. The molecule has 1 amide bonds. The predicted molar refractivity (Wildman–Crippen MR) is 137 cm³/mol. The van der Waals surface area contributed by atoms with Crippen LogP contribution in [0.1, 0.15) is 57.3 Å². The van der Waals surface area contributed by atoms with Gasteiger partial charge in [-0.3, -0.25) is 9.69 Å². The fraction of sp³-hybridized carbons (Fsp3) is 0.464. The van der Waals surface area contributed by atoms with Crippen LogP contribution >= 0.6 is 0 Å². The van der Waals surface area contributed by atoms with Crippen LogP contribution in [0.5, 0.6) is 0 Å². The summed E-state index contributed by atoms with van der Waals surface area (Å²) in [5, 5.41) is 2.35. The van der Waals surface area contributed by atoms with Gasteiger partial charge in [-0.05, 0) is 65.2 Å². The van der Waals surface area contributed by atoms with Crippen molar-refractivity contribution >= 4 is 28.1 Å². The molecule has 170 valence electrons. The minimum atomic E-state index is 0.138. The van der Waals surface area contributed by atoms with Crippen LogP contribution in [0.3, 0.4) is 0 Å². The fourth-order valence-corrected chi connectivity index (χ4v) is 4.99. The molecule has 4 nitrogen and oxygen atoms in total. The van der Waals surface area contributed by atoms with E-state index in [2.05, 4.69) is 60.9 Å². The normalized spacial score (nSPS) is 17.2. The van der Waals surface area contributed by atoms with E-state index >= 15 is 0 Å². The maximum absolute atomic E-state index is 12.8. The van der Waals surface area contributed by atoms with Crippen LogP contribution < -0.4 is 9.80 Å². The second-order valence-electron chi connectivity index (χ2n) is 9.39. The van der Waals surface area contributed by atoms with Gasteiger partial charge in [0.1, 0.15) is 0 Å². The molecule has 0 spiro atoms. The predicted octanol–water partition coefficient (Wildman–Crippen LogP) is 6.02. The molecule has 0 saturated carbocycles. The van der Waals surface area contributed by atoms with E-state index in [-0.39, 0.29) is 5.91 Å². The summed E-state index contributed by atoms with van der Waals surface area (Å²) >= 11 is 0. The van der Waals surface area contributed by atoms with Crippen molar-refractivity contribution in [3.05, 3.63) is 59.2 Å². The number of anilines is 2. The zero-order valence-corrected chi connectivity index (χ0v) is 20.2. The molecule has 2 heterocycles. The van der Waals surface area contributed by atoms with Gasteiger partial charge in [0.15, 0.2) is 0 Å². The van der Waals surface area contributed by atoms with E-state index in [0.29, 0.717) is 6.54 Å². The van der Waals surface area contributed by atoms with Crippen LogP contribution in [-0.2, 0) is 0 Å². The average molecular weight is 432 g/mol. The molecular weight excluding hydrogens is 394 g/mol. The molecule has 32 heavy (non-hydrogen) atoms. The molecule has 2 aliphatic heterocycles. The van der Waals surface area contributed by atoms with Crippen molar-refractivity contribution in [3.63, 3.8) is 0 Å². The van der Waals surface area contributed by atoms with Gasteiger partial charge in [-0.15, -0.1) is 0 Å². The van der Waals surface area contributed by atoms with Gasteiger partial charge in [0.2, 0.25) is 0 Å². The number of rotatable bonds is 7. The molecule has 4 rings (SSSR count). The van der Waals surface area contributed by atoms with E-state index in [9.17, 15) is 4.79 Å². The molecule has 1 fully saturated rings. The number of amides is 1. The third-order valence-corrected chi connectivity index (χ3v) is 6.80. The van der Waals surface area contributed by atoms with Crippen LogP contribution in [0.4, 0.5) is 11.4 Å². The summed E-state index contributed by atoms with van der Waals surface area (Å²) < 4.78 is 0. The Bertz CT molecular complexity index is 1050. The molecule has 0 aromatic heterocycles. The Kier molecular flexibility index (Phi) is 7.00. The zero-order chi connectivity index (χ0) is 22.7. The quantitative estimate of drug-likeness (QED) is 0.501. The standard InChI is InChI=1S/C28H37N3O/c1-5-31-26-14-13-25(23-11-7-12-24(27(23)26)28(31)32)30-17-8-16-29(19-20-30)18-15-22(4)10-6-9-21(2)3/h7,9,11-15H,5-6,8,10,16-20H2,1-4H3/b22-15+. The second kappa shape index (κ2) is 9.91. The number of hydrogen-bond acceptors (Lipinski definition) is 3. The van der Waals surface area contributed by atoms with Gasteiger partial charge in [0.25, 0.3) is 5.91 Å². The van der Waals surface area contributed by atoms with Gasteiger partial charge >= 0.3 is 0 Å². The highest BCUT2D eigenvalue weighted by Gasteiger charge is 2.30. The summed E-state index contributed by atoms with van der Waals surface area (Å²) in [5.41, 5.74) is 6.08. The minimum Gasteiger partial charge on any atom is -0.370 e. The van der Waals surface area contributed by atoms with Crippen LogP contribution in [-0.4, -0.2) is 50.1 Å². The van der Waals surface area contributed by atoms with Crippen molar-refractivity contribution in [3.8, 4) is 0 Å². The molecule has 0 N–H and O–H groups in total. The molecule has 0 bridgehead atoms. The number of carbonyl (C=O) groups excluding carboxylic acids is 1. The first-order chi connectivity index (χ1) is 15.5. The lowest BCUT2D eigenvalue weighted by Gasteiger charge is -2.25. The van der Waals surface area contributed by atoms with Gasteiger partial charge in [-0.25, -0.2) is 0 Å². The maximum atomic E-state index is 12.8. The third-order valence-electron chi connectivity index (χ3n) is 6.80. The van der Waals surface area contributed by atoms with Crippen LogP contribution in [0.25, 0.3) is 10.8 Å². The highest BCUT2D eigenvalue weighted by molar-refractivity contribution is 6.26. The smallest absolute Gasteiger partial charge is 0.258 e. The molecule has 0 unspecified atom stereocenters. The van der Waals surface area contributed by atoms with Crippen LogP contribution in [0.2, 0.25) is 0 Å². The van der Waals surface area contributed by atoms with Crippen LogP contribution in [0.15, 0.2) is 53.6 Å². The number of nitrogens with zero attached hydrogens (tertiary/aromatic N) is 3. The molecule has 2 aromatic rings. The molecule has 2 aliphatic rings. The molecule has 0 radical (unpaired) electrons. The van der Waals surface area contributed by atoms with E-state index in [0.717, 1.165) is 68.6 Å². The van der Waals surface area contributed by atoms with E-state index < -0.39 is 0 Å².